The van der Waals surface area contributed by atoms with Crippen molar-refractivity contribution in [3.63, 3.8) is 0 Å². The number of hydrogen-bond acceptors (Lipinski definition) is 1. The highest BCUT2D eigenvalue weighted by atomic mass is 14.7. The van der Waals surface area contributed by atoms with Gasteiger partial charge < -0.3 is 0 Å². The summed E-state index contributed by atoms with van der Waals surface area (Å²) in [6.07, 6.45) is 10.2. The Morgan fingerprint density at radius 3 is 2.29 bits per heavy atom. The lowest BCUT2D eigenvalue weighted by molar-refractivity contribution is 0.771. The molecule has 9 aromatic rings. The van der Waals surface area contributed by atoms with Gasteiger partial charge in [0.15, 0.2) is 0 Å². The van der Waals surface area contributed by atoms with Crippen molar-refractivity contribution >= 4 is 44.0 Å². The summed E-state index contributed by atoms with van der Waals surface area (Å²) in [4.78, 5) is 5.17. The smallest absolute Gasteiger partial charge is 0.0753 e. The lowest BCUT2D eigenvalue weighted by Crippen LogP contribution is -2.31. The summed E-state index contributed by atoms with van der Waals surface area (Å²) in [5, 5.41) is 7.98. The Morgan fingerprint density at radius 1 is 0.527 bits per heavy atom. The summed E-state index contributed by atoms with van der Waals surface area (Å²) < 4.78 is 0. The van der Waals surface area contributed by atoms with Crippen molar-refractivity contribution in [1.82, 2.24) is 4.98 Å². The maximum atomic E-state index is 5.17. The monoisotopic (exact) mass is 695 g/mol. The van der Waals surface area contributed by atoms with E-state index in [0.29, 0.717) is 0 Å². The van der Waals surface area contributed by atoms with E-state index in [1.54, 1.807) is 0 Å². The van der Waals surface area contributed by atoms with Crippen LogP contribution in [0.2, 0.25) is 0 Å². The molecule has 0 bridgehead atoms. The van der Waals surface area contributed by atoms with E-state index in [1.165, 1.54) is 110 Å². The summed E-state index contributed by atoms with van der Waals surface area (Å²) in [6, 6.07) is 59.4. The fourth-order valence-electron chi connectivity index (χ4n) is 11.1. The highest BCUT2D eigenvalue weighted by molar-refractivity contribution is 6.11. The van der Waals surface area contributed by atoms with E-state index in [2.05, 4.69) is 176 Å². The van der Waals surface area contributed by atoms with Gasteiger partial charge in [0.25, 0.3) is 0 Å². The molecule has 55 heavy (non-hydrogen) atoms. The molecule has 1 aromatic heterocycles. The number of rotatable bonds is 2. The summed E-state index contributed by atoms with van der Waals surface area (Å²) in [5.74, 6) is 0.215. The van der Waals surface area contributed by atoms with E-state index in [-0.39, 0.29) is 5.92 Å². The van der Waals surface area contributed by atoms with Crippen molar-refractivity contribution in [1.29, 1.82) is 0 Å². The average Bonchev–Trinajstić information content (AvgIpc) is 3.54. The molecule has 4 aliphatic carbocycles. The second kappa shape index (κ2) is 10.6. The zero-order valence-electron chi connectivity index (χ0n) is 30.1. The standard InChI is InChI=1S/C54H33N/c1-2-13-37-32(9-1)10-5-15-39(37)40-26-21-35-22-27-43-38(25-20-34-23-28-44(40)52(35)51(34)43)36-24-29-47-45(31-36)53-49(19-8-30-55-53)54(47)46-17-4-3-14-41(46)42-16-6-11-33-12-7-18-48(54)50(33)42/h1-22,24-31,40H,23H2. The van der Waals surface area contributed by atoms with Crippen molar-refractivity contribution in [2.24, 2.45) is 0 Å². The zero-order chi connectivity index (χ0) is 35.8. The first-order chi connectivity index (χ1) is 27.3. The molecule has 0 radical (unpaired) electrons. The van der Waals surface area contributed by atoms with Gasteiger partial charge in [-0.1, -0.05) is 164 Å². The molecule has 0 amide bonds. The van der Waals surface area contributed by atoms with Crippen molar-refractivity contribution in [2.75, 3.05) is 0 Å². The molecule has 0 saturated carbocycles. The molecule has 1 heterocycles. The van der Waals surface area contributed by atoms with Gasteiger partial charge in [-0.05, 0) is 123 Å². The fourth-order valence-corrected chi connectivity index (χ4v) is 11.1. The van der Waals surface area contributed by atoms with Crippen LogP contribution in [0, 0.1) is 0 Å². The van der Waals surface area contributed by atoms with Crippen LogP contribution in [0.5, 0.6) is 0 Å². The lowest BCUT2D eigenvalue weighted by Gasteiger charge is -2.39. The van der Waals surface area contributed by atoms with Gasteiger partial charge in [-0.15, -0.1) is 0 Å². The summed E-state index contributed by atoms with van der Waals surface area (Å²) >= 11 is 0. The Balaban J connectivity index is 1.03. The Bertz CT molecular complexity index is 3240. The van der Waals surface area contributed by atoms with Crippen LogP contribution in [-0.4, -0.2) is 4.98 Å². The largest absolute Gasteiger partial charge is 0.256 e. The Labute approximate surface area is 319 Å². The minimum absolute atomic E-state index is 0.215. The van der Waals surface area contributed by atoms with Crippen LogP contribution < -0.4 is 0 Å². The van der Waals surface area contributed by atoms with Gasteiger partial charge in [-0.2, -0.15) is 0 Å². The van der Waals surface area contributed by atoms with Crippen molar-refractivity contribution in [2.45, 2.75) is 17.8 Å². The van der Waals surface area contributed by atoms with Crippen molar-refractivity contribution in [3.8, 4) is 33.5 Å². The van der Waals surface area contributed by atoms with E-state index in [9.17, 15) is 0 Å². The van der Waals surface area contributed by atoms with Gasteiger partial charge in [-0.3, -0.25) is 4.98 Å². The van der Waals surface area contributed by atoms with Crippen LogP contribution in [0.25, 0.3) is 77.5 Å². The number of aromatic nitrogens is 1. The SMILES string of the molecule is C1=CC(c2cccc3ccccc23)C2=CCc3ccc(-c4ccc5c(c4)-c4ncccc4C54c5ccccc5-c5cccc6cccc4c56)c4ccc1c2c34. The third-order valence-electron chi connectivity index (χ3n) is 13.2. The van der Waals surface area contributed by atoms with Gasteiger partial charge in [0.2, 0.25) is 0 Å². The molecular formula is C54H33N. The summed E-state index contributed by atoms with van der Waals surface area (Å²) in [6.45, 7) is 0. The number of allylic oxidation sites excluding steroid dienone is 3. The Kier molecular flexibility index (Phi) is 5.73. The first-order valence-corrected chi connectivity index (χ1v) is 19.5. The third-order valence-corrected chi connectivity index (χ3v) is 13.2. The minimum atomic E-state index is -0.462. The van der Waals surface area contributed by atoms with E-state index in [0.717, 1.165) is 12.1 Å². The molecule has 4 aliphatic rings. The van der Waals surface area contributed by atoms with Gasteiger partial charge >= 0.3 is 0 Å². The van der Waals surface area contributed by atoms with Crippen LogP contribution in [0.15, 0.2) is 176 Å². The first-order valence-electron chi connectivity index (χ1n) is 19.5. The highest BCUT2D eigenvalue weighted by Crippen LogP contribution is 2.62. The van der Waals surface area contributed by atoms with E-state index in [4.69, 9.17) is 4.98 Å². The Morgan fingerprint density at radius 2 is 1.31 bits per heavy atom. The lowest BCUT2D eigenvalue weighted by atomic mass is 9.61. The van der Waals surface area contributed by atoms with Gasteiger partial charge in [0.05, 0.1) is 11.1 Å². The summed E-state index contributed by atoms with van der Waals surface area (Å²) in [7, 11) is 0. The van der Waals surface area contributed by atoms with E-state index in [1.807, 2.05) is 6.20 Å². The number of nitrogens with zero attached hydrogens (tertiary/aromatic N) is 1. The second-order valence-corrected chi connectivity index (χ2v) is 15.7. The van der Waals surface area contributed by atoms with E-state index < -0.39 is 5.41 Å². The quantitative estimate of drug-likeness (QED) is 0.175. The predicted octanol–water partition coefficient (Wildman–Crippen LogP) is 13.3. The minimum Gasteiger partial charge on any atom is -0.256 e. The zero-order valence-corrected chi connectivity index (χ0v) is 30.1. The highest BCUT2D eigenvalue weighted by Gasteiger charge is 2.50. The number of hydrogen-bond donors (Lipinski definition) is 0. The molecule has 1 heteroatoms. The number of pyridine rings is 1. The third kappa shape index (κ3) is 3.71. The molecular weight excluding hydrogens is 663 g/mol. The maximum absolute atomic E-state index is 5.17. The topological polar surface area (TPSA) is 12.9 Å². The Hall–Kier alpha value is -6.83. The first kappa shape index (κ1) is 29.6. The molecule has 0 fully saturated rings. The second-order valence-electron chi connectivity index (χ2n) is 15.7. The molecule has 0 saturated heterocycles. The van der Waals surface area contributed by atoms with Crippen LogP contribution in [-0.2, 0) is 11.8 Å². The average molecular weight is 696 g/mol. The normalized spacial score (nSPS) is 18.0. The molecule has 1 nitrogen and oxygen atoms in total. The van der Waals surface area contributed by atoms with Crippen LogP contribution in [0.1, 0.15) is 50.4 Å². The van der Waals surface area contributed by atoms with Crippen molar-refractivity contribution < 1.29 is 0 Å². The fraction of sp³-hybridized carbons (Fsp3) is 0.0556. The molecule has 13 rings (SSSR count). The van der Waals surface area contributed by atoms with Gasteiger partial charge in [0.1, 0.15) is 0 Å². The number of benzene rings is 8. The molecule has 0 aliphatic heterocycles. The molecule has 1 spiro atoms. The molecule has 254 valence electrons. The van der Waals surface area contributed by atoms with Gasteiger partial charge in [-0.25, -0.2) is 0 Å². The maximum Gasteiger partial charge on any atom is 0.0753 e. The van der Waals surface area contributed by atoms with Gasteiger partial charge in [0, 0.05) is 17.7 Å². The predicted molar refractivity (Wildman–Crippen MR) is 228 cm³/mol. The van der Waals surface area contributed by atoms with Crippen LogP contribution >= 0.6 is 0 Å². The van der Waals surface area contributed by atoms with Crippen LogP contribution in [0.4, 0.5) is 0 Å². The molecule has 2 atom stereocenters. The summed E-state index contributed by atoms with van der Waals surface area (Å²) in [5.41, 5.74) is 19.2. The molecule has 0 N–H and O–H groups in total. The van der Waals surface area contributed by atoms with E-state index >= 15 is 0 Å². The van der Waals surface area contributed by atoms with Crippen molar-refractivity contribution in [3.05, 3.63) is 221 Å². The number of fused-ring (bicyclic) bond motifs is 10. The molecule has 8 aromatic carbocycles. The van der Waals surface area contributed by atoms with Crippen LogP contribution in [0.3, 0.4) is 0 Å². The molecule has 2 unspecified atom stereocenters.